The zero-order valence-corrected chi connectivity index (χ0v) is 20.5. The van der Waals surface area contributed by atoms with E-state index >= 15 is 0 Å². The van der Waals surface area contributed by atoms with E-state index in [1.165, 1.54) is 0 Å². The molecule has 34 heavy (non-hydrogen) atoms. The number of esters is 1. The molecule has 0 radical (unpaired) electrons. The molecule has 180 valence electrons. The van der Waals surface area contributed by atoms with Crippen molar-refractivity contribution in [2.45, 2.75) is 19.9 Å². The number of nitrogens with zero attached hydrogens (tertiary/aromatic N) is 1. The van der Waals surface area contributed by atoms with Crippen molar-refractivity contribution in [1.82, 2.24) is 10.2 Å². The van der Waals surface area contributed by atoms with Gasteiger partial charge in [0.2, 0.25) is 0 Å². The minimum atomic E-state index is -0.478. The van der Waals surface area contributed by atoms with Crippen LogP contribution in [0.1, 0.15) is 35.8 Å². The van der Waals surface area contributed by atoms with Crippen LogP contribution >= 0.6 is 12.2 Å². The van der Waals surface area contributed by atoms with Gasteiger partial charge in [-0.05, 0) is 62.0 Å². The molecule has 0 aliphatic carbocycles. The summed E-state index contributed by atoms with van der Waals surface area (Å²) in [5.41, 5.74) is 3.15. The lowest BCUT2D eigenvalue weighted by Gasteiger charge is -2.37. The summed E-state index contributed by atoms with van der Waals surface area (Å²) in [4.78, 5) is 27.4. The number of methoxy groups -OCH3 is 2. The van der Waals surface area contributed by atoms with Crippen LogP contribution < -0.4 is 15.4 Å². The van der Waals surface area contributed by atoms with Gasteiger partial charge in [-0.15, -0.1) is 0 Å². The number of thiocarbonyl (C=S) groups is 1. The first kappa shape index (κ1) is 25.2. The molecule has 9 heteroatoms. The number of carbonyl (C=O) groups excluding carboxylic acids is 2. The van der Waals surface area contributed by atoms with Gasteiger partial charge in [-0.3, -0.25) is 4.79 Å². The number of benzene rings is 2. The van der Waals surface area contributed by atoms with Gasteiger partial charge in [0.05, 0.1) is 25.3 Å². The largest absolute Gasteiger partial charge is 0.497 e. The number of ether oxygens (including phenoxy) is 3. The monoisotopic (exact) mass is 483 g/mol. The highest BCUT2D eigenvalue weighted by atomic mass is 32.1. The van der Waals surface area contributed by atoms with Crippen molar-refractivity contribution in [2.75, 3.05) is 39.3 Å². The number of anilines is 1. The molecule has 0 bridgehead atoms. The molecule has 0 saturated carbocycles. The van der Waals surface area contributed by atoms with E-state index < -0.39 is 12.0 Å². The molecule has 8 nitrogen and oxygen atoms in total. The SMILES string of the molecule is CCN1C(=S)NC(c2ccc(NC(=O)c3cccc(OC)c3)cc2)C(C(=O)OCCOC)=C1C. The van der Waals surface area contributed by atoms with Crippen molar-refractivity contribution in [2.24, 2.45) is 0 Å². The van der Waals surface area contributed by atoms with Gasteiger partial charge in [-0.2, -0.15) is 0 Å². The summed E-state index contributed by atoms with van der Waals surface area (Å²) in [5.74, 6) is -0.0701. The van der Waals surface area contributed by atoms with Crippen LogP contribution in [-0.2, 0) is 14.3 Å². The predicted molar refractivity (Wildman–Crippen MR) is 134 cm³/mol. The van der Waals surface area contributed by atoms with Gasteiger partial charge in [-0.1, -0.05) is 18.2 Å². The van der Waals surface area contributed by atoms with Gasteiger partial charge in [0.25, 0.3) is 5.91 Å². The first-order valence-corrected chi connectivity index (χ1v) is 11.3. The molecule has 0 fully saturated rings. The summed E-state index contributed by atoms with van der Waals surface area (Å²) in [6, 6.07) is 13.7. The molecular weight excluding hydrogens is 454 g/mol. The van der Waals surface area contributed by atoms with Crippen LogP contribution in [0.3, 0.4) is 0 Å². The smallest absolute Gasteiger partial charge is 0.338 e. The molecule has 3 rings (SSSR count). The topological polar surface area (TPSA) is 89.1 Å². The third-order valence-electron chi connectivity index (χ3n) is 5.49. The van der Waals surface area contributed by atoms with Crippen LogP contribution in [0.4, 0.5) is 5.69 Å². The van der Waals surface area contributed by atoms with Gasteiger partial charge in [0, 0.05) is 30.6 Å². The van der Waals surface area contributed by atoms with Crippen molar-refractivity contribution in [1.29, 1.82) is 0 Å². The molecule has 0 spiro atoms. The van der Waals surface area contributed by atoms with E-state index in [9.17, 15) is 9.59 Å². The second-order valence-corrected chi connectivity index (χ2v) is 7.95. The van der Waals surface area contributed by atoms with Crippen LogP contribution in [-0.4, -0.2) is 55.9 Å². The lowest BCUT2D eigenvalue weighted by atomic mass is 9.95. The molecular formula is C25H29N3O5S. The molecule has 2 N–H and O–H groups in total. The number of nitrogens with one attached hydrogen (secondary N) is 2. The van der Waals surface area contributed by atoms with Gasteiger partial charge in [-0.25, -0.2) is 4.79 Å². The minimum absolute atomic E-state index is 0.157. The van der Waals surface area contributed by atoms with Gasteiger partial charge < -0.3 is 29.7 Å². The fourth-order valence-corrected chi connectivity index (χ4v) is 4.08. The van der Waals surface area contributed by atoms with E-state index in [0.717, 1.165) is 11.3 Å². The Hall–Kier alpha value is -3.43. The van der Waals surface area contributed by atoms with Gasteiger partial charge >= 0.3 is 5.97 Å². The van der Waals surface area contributed by atoms with E-state index in [2.05, 4.69) is 10.6 Å². The van der Waals surface area contributed by atoms with Gasteiger partial charge in [0.1, 0.15) is 12.4 Å². The minimum Gasteiger partial charge on any atom is -0.497 e. The van der Waals surface area contributed by atoms with Crippen LogP contribution in [0.15, 0.2) is 59.8 Å². The first-order valence-electron chi connectivity index (χ1n) is 10.9. The van der Waals surface area contributed by atoms with Crippen molar-refractivity contribution >= 4 is 34.9 Å². The number of hydrogen-bond acceptors (Lipinski definition) is 6. The fourth-order valence-electron chi connectivity index (χ4n) is 3.70. The number of rotatable bonds is 9. The zero-order chi connectivity index (χ0) is 24.7. The van der Waals surface area contributed by atoms with Crippen LogP contribution in [0.25, 0.3) is 0 Å². The standard InChI is InChI=1S/C25H29N3O5S/c1-5-28-16(2)21(24(30)33-14-13-31-3)22(27-25(28)34)17-9-11-19(12-10-17)26-23(29)18-7-6-8-20(15-18)32-4/h6-12,15,22H,5,13-14H2,1-4H3,(H,26,29)(H,27,34). The third-order valence-corrected chi connectivity index (χ3v) is 5.83. The predicted octanol–water partition coefficient (Wildman–Crippen LogP) is 3.66. The zero-order valence-electron chi connectivity index (χ0n) is 19.7. The summed E-state index contributed by atoms with van der Waals surface area (Å²) in [7, 11) is 3.10. The summed E-state index contributed by atoms with van der Waals surface area (Å²) in [6.45, 7) is 4.91. The van der Waals surface area contributed by atoms with Crippen molar-refractivity contribution in [3.05, 3.63) is 70.9 Å². The molecule has 2 aromatic carbocycles. The maximum Gasteiger partial charge on any atom is 0.338 e. The second kappa shape index (κ2) is 11.6. The molecule has 0 saturated heterocycles. The Morgan fingerprint density at radius 1 is 1.12 bits per heavy atom. The maximum absolute atomic E-state index is 12.9. The molecule has 1 aliphatic heterocycles. The summed E-state index contributed by atoms with van der Waals surface area (Å²) in [5, 5.41) is 6.66. The Morgan fingerprint density at radius 2 is 1.85 bits per heavy atom. The summed E-state index contributed by atoms with van der Waals surface area (Å²) in [6.07, 6.45) is 0. The Balaban J connectivity index is 1.82. The van der Waals surface area contributed by atoms with E-state index in [1.807, 2.05) is 30.9 Å². The molecule has 1 unspecified atom stereocenters. The molecule has 2 aromatic rings. The van der Waals surface area contributed by atoms with Crippen LogP contribution in [0.2, 0.25) is 0 Å². The van der Waals surface area contributed by atoms with Crippen LogP contribution in [0.5, 0.6) is 5.75 Å². The molecule has 1 amide bonds. The van der Waals surface area contributed by atoms with Gasteiger partial charge in [0.15, 0.2) is 5.11 Å². The van der Waals surface area contributed by atoms with Crippen molar-refractivity contribution in [3.8, 4) is 5.75 Å². The fraction of sp³-hybridized carbons (Fsp3) is 0.320. The molecule has 0 aromatic heterocycles. The highest BCUT2D eigenvalue weighted by Gasteiger charge is 2.34. The second-order valence-electron chi connectivity index (χ2n) is 7.56. The Morgan fingerprint density at radius 3 is 2.50 bits per heavy atom. The third kappa shape index (κ3) is 5.73. The average Bonchev–Trinajstić information content (AvgIpc) is 2.84. The Bertz CT molecular complexity index is 1080. The molecule has 1 atom stereocenters. The lowest BCUT2D eigenvalue weighted by Crippen LogP contribution is -2.47. The quantitative estimate of drug-likeness (QED) is 0.317. The van der Waals surface area contributed by atoms with E-state index in [0.29, 0.717) is 40.8 Å². The Kier molecular flexibility index (Phi) is 8.61. The van der Waals surface area contributed by atoms with E-state index in [-0.39, 0.29) is 12.5 Å². The highest BCUT2D eigenvalue weighted by molar-refractivity contribution is 7.80. The van der Waals surface area contributed by atoms with Crippen molar-refractivity contribution in [3.63, 3.8) is 0 Å². The number of hydrogen-bond donors (Lipinski definition) is 2. The first-order chi connectivity index (χ1) is 16.4. The number of amides is 1. The highest BCUT2D eigenvalue weighted by Crippen LogP contribution is 2.32. The van der Waals surface area contributed by atoms with E-state index in [4.69, 9.17) is 26.4 Å². The Labute approximate surface area is 204 Å². The van der Waals surface area contributed by atoms with E-state index in [1.54, 1.807) is 50.6 Å². The summed E-state index contributed by atoms with van der Waals surface area (Å²) < 4.78 is 15.6. The van der Waals surface area contributed by atoms with Crippen molar-refractivity contribution < 1.29 is 23.8 Å². The normalized spacial score (nSPS) is 15.6. The average molecular weight is 484 g/mol. The molecule has 1 heterocycles. The maximum atomic E-state index is 12.9. The molecule has 1 aliphatic rings. The van der Waals surface area contributed by atoms with Crippen LogP contribution in [0, 0.1) is 0 Å². The number of carbonyl (C=O) groups is 2. The lowest BCUT2D eigenvalue weighted by molar-refractivity contribution is -0.140. The number of allylic oxidation sites excluding steroid dienone is 1. The summed E-state index contributed by atoms with van der Waals surface area (Å²) >= 11 is 5.52.